The number of benzene rings is 1. The number of aryl methyl sites for hydroxylation is 1. The highest BCUT2D eigenvalue weighted by Gasteiger charge is 2.21. The average Bonchev–Trinajstić information content (AvgIpc) is 2.65. The number of rotatable bonds is 1. The molecule has 1 aromatic carbocycles. The van der Waals surface area contributed by atoms with E-state index in [1.165, 1.54) is 11.1 Å². The molecule has 0 aliphatic carbocycles. The quantitative estimate of drug-likeness (QED) is 0.658. The highest BCUT2D eigenvalue weighted by molar-refractivity contribution is 5.42. The molecule has 1 atom stereocenters. The van der Waals surface area contributed by atoms with Crippen LogP contribution in [0.25, 0.3) is 0 Å². The van der Waals surface area contributed by atoms with Gasteiger partial charge in [-0.15, -0.1) is 0 Å². The van der Waals surface area contributed by atoms with Crippen LogP contribution in [0.4, 0.5) is 0 Å². The summed E-state index contributed by atoms with van der Waals surface area (Å²) in [5.41, 5.74) is 2.77. The first-order valence-corrected chi connectivity index (χ1v) is 5.56. The van der Waals surface area contributed by atoms with Gasteiger partial charge in [-0.2, -0.15) is 0 Å². The molecule has 1 aliphatic rings. The molecule has 0 spiro atoms. The molecule has 0 saturated carbocycles. The molecular formula is C13H20O. The van der Waals surface area contributed by atoms with Crippen LogP contribution in [0.5, 0.6) is 5.75 Å². The van der Waals surface area contributed by atoms with E-state index in [2.05, 4.69) is 32.0 Å². The van der Waals surface area contributed by atoms with E-state index in [4.69, 9.17) is 4.74 Å². The van der Waals surface area contributed by atoms with Crippen molar-refractivity contribution < 1.29 is 4.74 Å². The zero-order valence-electron chi connectivity index (χ0n) is 9.63. The third-order valence-corrected chi connectivity index (χ3v) is 2.55. The van der Waals surface area contributed by atoms with Crippen LogP contribution in [0.3, 0.4) is 0 Å². The number of hydrogen-bond donors (Lipinski definition) is 0. The Balaban J connectivity index is 0.000000461. The predicted octanol–water partition coefficient (Wildman–Crippen LogP) is 3.73. The van der Waals surface area contributed by atoms with Crippen LogP contribution in [0.1, 0.15) is 38.3 Å². The van der Waals surface area contributed by atoms with Crippen molar-refractivity contribution in [2.24, 2.45) is 0 Å². The van der Waals surface area contributed by atoms with Crippen LogP contribution in [0.15, 0.2) is 18.2 Å². The van der Waals surface area contributed by atoms with Crippen molar-refractivity contribution >= 4 is 0 Å². The topological polar surface area (TPSA) is 9.23 Å². The van der Waals surface area contributed by atoms with Crippen LogP contribution in [0, 0.1) is 6.92 Å². The van der Waals surface area contributed by atoms with E-state index in [9.17, 15) is 0 Å². The van der Waals surface area contributed by atoms with Crippen LogP contribution in [-0.2, 0) is 6.42 Å². The molecule has 0 saturated heterocycles. The summed E-state index contributed by atoms with van der Waals surface area (Å²) in [6.07, 6.45) is 2.62. The van der Waals surface area contributed by atoms with Gasteiger partial charge in [0, 0.05) is 12.0 Å². The van der Waals surface area contributed by atoms with Crippen molar-refractivity contribution in [1.29, 1.82) is 0 Å². The summed E-state index contributed by atoms with van der Waals surface area (Å²) in [6.45, 7) is 8.33. The lowest BCUT2D eigenvalue weighted by Crippen LogP contribution is -2.10. The zero-order chi connectivity index (χ0) is 10.6. The minimum atomic E-state index is 0.418. The molecule has 1 heteroatoms. The SMILES string of the molecule is CC.CCC1Cc2c(C)cccc2O1. The second-order valence-electron chi connectivity index (χ2n) is 3.40. The second kappa shape index (κ2) is 5.04. The summed E-state index contributed by atoms with van der Waals surface area (Å²) in [7, 11) is 0. The van der Waals surface area contributed by atoms with Crippen molar-refractivity contribution in [3.8, 4) is 5.75 Å². The van der Waals surface area contributed by atoms with Crippen LogP contribution < -0.4 is 4.74 Å². The van der Waals surface area contributed by atoms with Crippen LogP contribution in [-0.4, -0.2) is 6.10 Å². The van der Waals surface area contributed by atoms with E-state index < -0.39 is 0 Å². The molecule has 1 aromatic rings. The Labute approximate surface area is 87.1 Å². The van der Waals surface area contributed by atoms with Gasteiger partial charge in [-0.05, 0) is 25.0 Å². The fourth-order valence-electron chi connectivity index (χ4n) is 1.72. The first-order chi connectivity index (χ1) is 6.81. The molecule has 1 aliphatic heterocycles. The van der Waals surface area contributed by atoms with Gasteiger partial charge in [0.2, 0.25) is 0 Å². The Morgan fingerprint density at radius 1 is 1.36 bits per heavy atom. The number of hydrogen-bond acceptors (Lipinski definition) is 1. The number of fused-ring (bicyclic) bond motifs is 1. The maximum atomic E-state index is 5.74. The summed E-state index contributed by atoms with van der Waals surface area (Å²) >= 11 is 0. The molecule has 2 rings (SSSR count). The Morgan fingerprint density at radius 2 is 2.07 bits per heavy atom. The summed E-state index contributed by atoms with van der Waals surface area (Å²) in [5, 5.41) is 0. The van der Waals surface area contributed by atoms with Crippen molar-refractivity contribution in [2.75, 3.05) is 0 Å². The third-order valence-electron chi connectivity index (χ3n) is 2.55. The summed E-state index contributed by atoms with van der Waals surface area (Å²) < 4.78 is 5.74. The van der Waals surface area contributed by atoms with Crippen molar-refractivity contribution in [2.45, 2.75) is 46.6 Å². The van der Waals surface area contributed by atoms with E-state index in [1.54, 1.807) is 0 Å². The van der Waals surface area contributed by atoms with Gasteiger partial charge in [0.05, 0.1) is 0 Å². The van der Waals surface area contributed by atoms with Crippen molar-refractivity contribution in [3.05, 3.63) is 29.3 Å². The summed E-state index contributed by atoms with van der Waals surface area (Å²) in [5.74, 6) is 1.10. The fraction of sp³-hybridized carbons (Fsp3) is 0.538. The molecule has 0 fully saturated rings. The first kappa shape index (κ1) is 11.1. The summed E-state index contributed by atoms with van der Waals surface area (Å²) in [4.78, 5) is 0. The predicted molar refractivity (Wildman–Crippen MR) is 60.9 cm³/mol. The van der Waals surface area contributed by atoms with E-state index in [1.807, 2.05) is 13.8 Å². The van der Waals surface area contributed by atoms with Gasteiger partial charge in [0.1, 0.15) is 11.9 Å². The maximum Gasteiger partial charge on any atom is 0.123 e. The minimum Gasteiger partial charge on any atom is -0.490 e. The molecule has 0 N–H and O–H groups in total. The smallest absolute Gasteiger partial charge is 0.123 e. The van der Waals surface area contributed by atoms with Crippen molar-refractivity contribution in [3.63, 3.8) is 0 Å². The van der Waals surface area contributed by atoms with Gasteiger partial charge >= 0.3 is 0 Å². The number of ether oxygens (including phenoxy) is 1. The normalized spacial score (nSPS) is 17.9. The highest BCUT2D eigenvalue weighted by Crippen LogP contribution is 2.31. The molecule has 0 radical (unpaired) electrons. The van der Waals surface area contributed by atoms with Crippen molar-refractivity contribution in [1.82, 2.24) is 0 Å². The molecule has 14 heavy (non-hydrogen) atoms. The molecule has 78 valence electrons. The van der Waals surface area contributed by atoms with Crippen LogP contribution >= 0.6 is 0 Å². The zero-order valence-corrected chi connectivity index (χ0v) is 9.63. The van der Waals surface area contributed by atoms with E-state index in [0.717, 1.165) is 18.6 Å². The fourth-order valence-corrected chi connectivity index (χ4v) is 1.72. The lowest BCUT2D eigenvalue weighted by Gasteiger charge is -2.05. The minimum absolute atomic E-state index is 0.418. The lowest BCUT2D eigenvalue weighted by molar-refractivity contribution is 0.228. The summed E-state index contributed by atoms with van der Waals surface area (Å²) in [6, 6.07) is 6.28. The second-order valence-corrected chi connectivity index (χ2v) is 3.40. The van der Waals surface area contributed by atoms with Gasteiger partial charge in [-0.1, -0.05) is 32.9 Å². The van der Waals surface area contributed by atoms with Gasteiger partial charge in [-0.3, -0.25) is 0 Å². The van der Waals surface area contributed by atoms with Gasteiger partial charge in [0.15, 0.2) is 0 Å². The van der Waals surface area contributed by atoms with Gasteiger partial charge in [-0.25, -0.2) is 0 Å². The lowest BCUT2D eigenvalue weighted by atomic mass is 10.0. The monoisotopic (exact) mass is 192 g/mol. The molecule has 1 unspecified atom stereocenters. The third kappa shape index (κ3) is 2.09. The van der Waals surface area contributed by atoms with Crippen LogP contribution in [0.2, 0.25) is 0 Å². The largest absolute Gasteiger partial charge is 0.490 e. The van der Waals surface area contributed by atoms with E-state index >= 15 is 0 Å². The Morgan fingerprint density at radius 3 is 2.64 bits per heavy atom. The molecule has 1 nitrogen and oxygen atoms in total. The Kier molecular flexibility index (Phi) is 3.99. The maximum absolute atomic E-state index is 5.74. The highest BCUT2D eigenvalue weighted by atomic mass is 16.5. The molecule has 1 heterocycles. The standard InChI is InChI=1S/C11H14O.C2H6/c1-3-9-7-10-8(2)5-4-6-11(10)12-9;1-2/h4-6,9H,3,7H2,1-2H3;1-2H3. The Hall–Kier alpha value is -0.980. The van der Waals surface area contributed by atoms with E-state index in [0.29, 0.717) is 6.10 Å². The van der Waals surface area contributed by atoms with Gasteiger partial charge < -0.3 is 4.74 Å². The molecular weight excluding hydrogens is 172 g/mol. The molecule has 0 aromatic heterocycles. The molecule has 0 amide bonds. The molecule has 0 bridgehead atoms. The van der Waals surface area contributed by atoms with Gasteiger partial charge in [0.25, 0.3) is 0 Å². The first-order valence-electron chi connectivity index (χ1n) is 5.56. The van der Waals surface area contributed by atoms with E-state index in [-0.39, 0.29) is 0 Å². The average molecular weight is 192 g/mol. The Bertz CT molecular complexity index is 291.